The van der Waals surface area contributed by atoms with Crippen LogP contribution in [0, 0.1) is 0 Å². The molecule has 0 unspecified atom stereocenters. The molecule has 0 radical (unpaired) electrons. The second-order valence-electron chi connectivity index (χ2n) is 4.31. The quantitative estimate of drug-likeness (QED) is 0.568. The lowest BCUT2D eigenvalue weighted by atomic mass is 10.0. The largest absolute Gasteiger partial charge is 0.381 e. The lowest BCUT2D eigenvalue weighted by Gasteiger charge is -2.06. The average molecular weight is 242 g/mol. The molecule has 0 aromatic heterocycles. The molecule has 0 saturated heterocycles. The van der Waals surface area contributed by atoms with Gasteiger partial charge in [-0.15, -0.1) is 0 Å². The molecule has 0 aliphatic rings. The van der Waals surface area contributed by atoms with E-state index in [1.54, 1.807) is 0 Å². The van der Waals surface area contributed by atoms with Gasteiger partial charge in [0.2, 0.25) is 0 Å². The van der Waals surface area contributed by atoms with E-state index >= 15 is 0 Å². The van der Waals surface area contributed by atoms with Gasteiger partial charge >= 0.3 is 0 Å². The first kappa shape index (κ1) is 12.8. The maximum absolute atomic E-state index is 12.1. The Labute approximate surface area is 108 Å². The highest BCUT2D eigenvalue weighted by Crippen LogP contribution is 2.19. The van der Waals surface area contributed by atoms with Crippen LogP contribution in [0.5, 0.6) is 0 Å². The first-order valence-corrected chi connectivity index (χ1v) is 6.41. The van der Waals surface area contributed by atoms with Crippen LogP contribution in [0.4, 0.5) is 0 Å². The molecule has 2 heteroatoms. The monoisotopic (exact) mass is 242 g/mol. The minimum Gasteiger partial charge on any atom is -0.381 e. The molecule has 2 nitrogen and oxygen atoms in total. The fourth-order valence-electron chi connectivity index (χ4n) is 2.01. The van der Waals surface area contributed by atoms with Crippen molar-refractivity contribution in [1.82, 2.24) is 0 Å². The number of hydrogen-bond acceptors (Lipinski definition) is 2. The maximum Gasteiger partial charge on any atom is 0.165 e. The molecule has 2 aromatic rings. The van der Waals surface area contributed by atoms with Crippen LogP contribution in [0.3, 0.4) is 0 Å². The maximum atomic E-state index is 12.1. The Morgan fingerprint density at radius 3 is 2.67 bits per heavy atom. The number of carbonyl (C=O) groups excluding carboxylic acids is 1. The summed E-state index contributed by atoms with van der Waals surface area (Å²) < 4.78 is 5.37. The normalized spacial score (nSPS) is 10.7. The van der Waals surface area contributed by atoms with Gasteiger partial charge in [0, 0.05) is 18.6 Å². The van der Waals surface area contributed by atoms with Crippen molar-refractivity contribution in [2.24, 2.45) is 0 Å². The van der Waals surface area contributed by atoms with Crippen LogP contribution in [-0.4, -0.2) is 19.0 Å². The minimum atomic E-state index is 0.155. The molecule has 18 heavy (non-hydrogen) atoms. The molecular formula is C16H18O2. The smallest absolute Gasteiger partial charge is 0.165 e. The molecule has 2 rings (SSSR count). The average Bonchev–Trinajstić information content (AvgIpc) is 2.43. The number of rotatable bonds is 6. The van der Waals surface area contributed by atoms with Crippen molar-refractivity contribution in [2.75, 3.05) is 13.2 Å². The van der Waals surface area contributed by atoms with E-state index in [1.807, 2.05) is 42.5 Å². The van der Waals surface area contributed by atoms with Gasteiger partial charge in [-0.25, -0.2) is 0 Å². The van der Waals surface area contributed by atoms with E-state index in [4.69, 9.17) is 4.74 Å². The summed E-state index contributed by atoms with van der Waals surface area (Å²) >= 11 is 0. The van der Waals surface area contributed by atoms with Crippen LogP contribution in [0.2, 0.25) is 0 Å². The predicted octanol–water partition coefficient (Wildman–Crippen LogP) is 3.84. The fraction of sp³-hybridized carbons (Fsp3) is 0.312. The zero-order valence-electron chi connectivity index (χ0n) is 10.7. The third-order valence-corrected chi connectivity index (χ3v) is 2.91. The highest BCUT2D eigenvalue weighted by Gasteiger charge is 2.09. The molecule has 0 amide bonds. The second-order valence-corrected chi connectivity index (χ2v) is 4.31. The summed E-state index contributed by atoms with van der Waals surface area (Å²) in [6, 6.07) is 13.8. The van der Waals surface area contributed by atoms with Gasteiger partial charge < -0.3 is 4.74 Å². The number of ether oxygens (including phenoxy) is 1. The first-order valence-electron chi connectivity index (χ1n) is 6.41. The van der Waals surface area contributed by atoms with Crippen molar-refractivity contribution in [3.05, 3.63) is 48.0 Å². The van der Waals surface area contributed by atoms with Gasteiger partial charge in [-0.05, 0) is 17.2 Å². The number of benzene rings is 2. The van der Waals surface area contributed by atoms with Gasteiger partial charge in [0.15, 0.2) is 5.78 Å². The van der Waals surface area contributed by atoms with Gasteiger partial charge in [0.25, 0.3) is 0 Å². The van der Waals surface area contributed by atoms with E-state index in [0.717, 1.165) is 29.4 Å². The van der Waals surface area contributed by atoms with E-state index in [2.05, 4.69) is 6.92 Å². The Hall–Kier alpha value is -1.67. The Kier molecular flexibility index (Phi) is 4.48. The molecular weight excluding hydrogens is 224 g/mol. The summed E-state index contributed by atoms with van der Waals surface area (Å²) in [5, 5.41) is 2.14. The van der Waals surface area contributed by atoms with Gasteiger partial charge in [-0.1, -0.05) is 49.4 Å². The second kappa shape index (κ2) is 6.31. The van der Waals surface area contributed by atoms with E-state index in [0.29, 0.717) is 13.0 Å². The molecule has 0 fully saturated rings. The number of hydrogen-bond donors (Lipinski definition) is 0. The Bertz CT molecular complexity index is 526. The third-order valence-electron chi connectivity index (χ3n) is 2.91. The van der Waals surface area contributed by atoms with E-state index in [9.17, 15) is 4.79 Å². The van der Waals surface area contributed by atoms with Crippen molar-refractivity contribution >= 4 is 16.6 Å². The van der Waals surface area contributed by atoms with Crippen molar-refractivity contribution in [3.63, 3.8) is 0 Å². The Balaban J connectivity index is 2.13. The summed E-state index contributed by atoms with van der Waals surface area (Å²) in [4.78, 5) is 12.1. The van der Waals surface area contributed by atoms with Gasteiger partial charge in [0.1, 0.15) is 0 Å². The Morgan fingerprint density at radius 1 is 1.06 bits per heavy atom. The molecule has 2 aromatic carbocycles. The van der Waals surface area contributed by atoms with Crippen molar-refractivity contribution in [1.29, 1.82) is 0 Å². The van der Waals surface area contributed by atoms with Gasteiger partial charge in [0.05, 0.1) is 6.61 Å². The summed E-state index contributed by atoms with van der Waals surface area (Å²) in [6.45, 7) is 3.30. The van der Waals surface area contributed by atoms with Gasteiger partial charge in [-0.2, -0.15) is 0 Å². The van der Waals surface area contributed by atoms with Crippen LogP contribution >= 0.6 is 0 Å². The summed E-state index contributed by atoms with van der Waals surface area (Å²) in [5.74, 6) is 0.155. The number of carbonyl (C=O) groups is 1. The van der Waals surface area contributed by atoms with Crippen LogP contribution in [0.25, 0.3) is 10.8 Å². The molecule has 0 bridgehead atoms. The van der Waals surface area contributed by atoms with E-state index in [-0.39, 0.29) is 5.78 Å². The van der Waals surface area contributed by atoms with Crippen LogP contribution in [-0.2, 0) is 4.74 Å². The molecule has 0 aliphatic heterocycles. The zero-order valence-corrected chi connectivity index (χ0v) is 10.7. The number of Topliss-reactive ketones (excluding diaryl/α,β-unsaturated/α-hetero) is 1. The minimum absolute atomic E-state index is 0.155. The highest BCUT2D eigenvalue weighted by molar-refractivity contribution is 6.08. The highest BCUT2D eigenvalue weighted by atomic mass is 16.5. The summed E-state index contributed by atoms with van der Waals surface area (Å²) in [7, 11) is 0. The molecule has 0 aliphatic carbocycles. The van der Waals surface area contributed by atoms with E-state index < -0.39 is 0 Å². The lowest BCUT2D eigenvalue weighted by molar-refractivity contribution is 0.0880. The molecule has 94 valence electrons. The zero-order chi connectivity index (χ0) is 12.8. The van der Waals surface area contributed by atoms with Crippen molar-refractivity contribution < 1.29 is 9.53 Å². The first-order chi connectivity index (χ1) is 8.83. The van der Waals surface area contributed by atoms with Crippen LogP contribution < -0.4 is 0 Å². The molecule has 0 saturated carbocycles. The van der Waals surface area contributed by atoms with Crippen molar-refractivity contribution in [2.45, 2.75) is 19.8 Å². The van der Waals surface area contributed by atoms with Crippen LogP contribution in [0.1, 0.15) is 30.1 Å². The van der Waals surface area contributed by atoms with Crippen LogP contribution in [0.15, 0.2) is 42.5 Å². The SMILES string of the molecule is CCCOCCC(=O)c1cccc2ccccc12. The summed E-state index contributed by atoms with van der Waals surface area (Å²) in [6.07, 6.45) is 1.44. The standard InChI is InChI=1S/C16H18O2/c1-2-11-18-12-10-16(17)15-9-5-7-13-6-3-4-8-14(13)15/h3-9H,2,10-12H2,1H3. The third kappa shape index (κ3) is 2.96. The topological polar surface area (TPSA) is 26.3 Å². The molecule has 0 N–H and O–H groups in total. The van der Waals surface area contributed by atoms with Crippen molar-refractivity contribution in [3.8, 4) is 0 Å². The summed E-state index contributed by atoms with van der Waals surface area (Å²) in [5.41, 5.74) is 0.799. The fourth-order valence-corrected chi connectivity index (χ4v) is 2.01. The van der Waals surface area contributed by atoms with Gasteiger partial charge in [-0.3, -0.25) is 4.79 Å². The van der Waals surface area contributed by atoms with E-state index in [1.165, 1.54) is 0 Å². The predicted molar refractivity (Wildman–Crippen MR) is 74.0 cm³/mol. The lowest BCUT2D eigenvalue weighted by Crippen LogP contribution is -2.05. The molecule has 0 spiro atoms. The number of fused-ring (bicyclic) bond motifs is 1. The Morgan fingerprint density at radius 2 is 1.83 bits per heavy atom. The number of ketones is 1. The molecule has 0 heterocycles. The molecule has 0 atom stereocenters.